The van der Waals surface area contributed by atoms with Crippen LogP contribution in [-0.2, 0) is 0 Å². The molecular weight excluding hydrogens is 264 g/mol. The lowest BCUT2D eigenvalue weighted by atomic mass is 10.3. The van der Waals surface area contributed by atoms with Crippen LogP contribution in [0.5, 0.6) is 0 Å². The lowest BCUT2D eigenvalue weighted by molar-refractivity contribution is 0.546. The van der Waals surface area contributed by atoms with Crippen molar-refractivity contribution < 1.29 is 4.42 Å². The molecule has 1 aromatic heterocycles. The first-order valence-corrected chi connectivity index (χ1v) is 4.84. The molecule has 0 saturated heterocycles. The normalized spacial score (nSPS) is 10.9. The van der Waals surface area contributed by atoms with Crippen LogP contribution in [0.2, 0.25) is 15.1 Å². The number of nitrogens with one attached hydrogen (secondary N) is 1. The highest BCUT2D eigenvalue weighted by Gasteiger charge is 2.12. The summed E-state index contributed by atoms with van der Waals surface area (Å²) in [6.07, 6.45) is 0. The van der Waals surface area contributed by atoms with Gasteiger partial charge in [-0.15, -0.1) is 0 Å². The Morgan fingerprint density at radius 2 is 1.80 bits per heavy atom. The van der Waals surface area contributed by atoms with E-state index in [4.69, 9.17) is 34.8 Å². The Kier molecular flexibility index (Phi) is 2.50. The van der Waals surface area contributed by atoms with Crippen LogP contribution in [0.1, 0.15) is 0 Å². The predicted octanol–water partition coefficient (Wildman–Crippen LogP) is 2.44. The van der Waals surface area contributed by atoms with Crippen LogP contribution >= 0.6 is 34.8 Å². The molecule has 0 saturated carbocycles. The van der Waals surface area contributed by atoms with Gasteiger partial charge in [-0.25, -0.2) is 4.79 Å². The van der Waals surface area contributed by atoms with Crippen molar-refractivity contribution >= 4 is 45.9 Å². The zero-order chi connectivity index (χ0) is 11.2. The Balaban J connectivity index is 3.06. The van der Waals surface area contributed by atoms with Crippen LogP contribution in [-0.4, -0.2) is 4.98 Å². The van der Waals surface area contributed by atoms with Crippen molar-refractivity contribution in [3.05, 3.63) is 41.9 Å². The van der Waals surface area contributed by atoms with Gasteiger partial charge in [0.15, 0.2) is 5.58 Å². The molecule has 15 heavy (non-hydrogen) atoms. The summed E-state index contributed by atoms with van der Waals surface area (Å²) < 4.78 is 4.68. The van der Waals surface area contributed by atoms with Crippen LogP contribution in [0.25, 0.3) is 11.1 Å². The number of hydrogen-bond donors (Lipinski definition) is 1. The van der Waals surface area contributed by atoms with Gasteiger partial charge in [0.05, 0.1) is 15.6 Å². The summed E-state index contributed by atoms with van der Waals surface area (Å²) >= 11 is 17.2. The molecular formula is C8H2Cl3NO3. The fraction of sp³-hybridized carbons (Fsp3) is 0. The first kappa shape index (κ1) is 10.5. The monoisotopic (exact) mass is 265 g/mol. The van der Waals surface area contributed by atoms with Gasteiger partial charge < -0.3 is 9.40 Å². The lowest BCUT2D eigenvalue weighted by Gasteiger charge is -2.02. The second-order valence-corrected chi connectivity index (χ2v) is 3.87. The molecule has 2 aromatic rings. The molecule has 0 bridgehead atoms. The minimum absolute atomic E-state index is 0.00693. The van der Waals surface area contributed by atoms with Crippen LogP contribution in [0.4, 0.5) is 0 Å². The molecule has 7 heteroatoms. The van der Waals surface area contributed by atoms with Crippen molar-refractivity contribution in [1.82, 2.24) is 4.98 Å². The van der Waals surface area contributed by atoms with Crippen molar-refractivity contribution in [3.8, 4) is 0 Å². The van der Waals surface area contributed by atoms with E-state index in [1.165, 1.54) is 6.07 Å². The number of rotatable bonds is 0. The molecule has 0 atom stereocenters. The summed E-state index contributed by atoms with van der Waals surface area (Å²) in [5.74, 6) is 0. The Hall–Kier alpha value is -0.970. The van der Waals surface area contributed by atoms with Gasteiger partial charge in [0, 0.05) is 0 Å². The smallest absolute Gasteiger partial charge is 0.402 e. The van der Waals surface area contributed by atoms with Crippen molar-refractivity contribution in [3.63, 3.8) is 0 Å². The molecule has 1 aromatic carbocycles. The molecule has 0 aliphatic carbocycles. The average Bonchev–Trinajstić information content (AvgIpc) is 2.19. The van der Waals surface area contributed by atoms with Crippen LogP contribution in [0.3, 0.4) is 0 Å². The fourth-order valence-corrected chi connectivity index (χ4v) is 1.72. The minimum Gasteiger partial charge on any atom is -0.415 e. The van der Waals surface area contributed by atoms with Gasteiger partial charge in [0.25, 0.3) is 0 Å². The van der Waals surface area contributed by atoms with Crippen LogP contribution in [0.15, 0.2) is 20.1 Å². The summed E-state index contributed by atoms with van der Waals surface area (Å²) in [4.78, 5) is 24.2. The van der Waals surface area contributed by atoms with E-state index in [2.05, 4.69) is 9.40 Å². The van der Waals surface area contributed by atoms with Crippen molar-refractivity contribution in [1.29, 1.82) is 0 Å². The topological polar surface area (TPSA) is 63.1 Å². The van der Waals surface area contributed by atoms with Gasteiger partial charge in [-0.05, 0) is 6.07 Å². The number of aromatic amines is 1. The quantitative estimate of drug-likeness (QED) is 0.588. The summed E-state index contributed by atoms with van der Waals surface area (Å²) in [6, 6.07) is 1.36. The van der Waals surface area contributed by atoms with E-state index >= 15 is 0 Å². The Bertz CT molecular complexity index is 658. The third-order valence-corrected chi connectivity index (χ3v) is 2.99. The van der Waals surface area contributed by atoms with Gasteiger partial charge in [-0.2, -0.15) is 0 Å². The standard InChI is InChI=1S/C8H2Cl3NO3/c9-2-1-3-6(5(11)4(2)10)15-8(14)7(13)12-3/h1H,(H,12,13). The molecule has 0 aliphatic heterocycles. The van der Waals surface area contributed by atoms with Crippen molar-refractivity contribution in [2.45, 2.75) is 0 Å². The third-order valence-electron chi connectivity index (χ3n) is 1.75. The van der Waals surface area contributed by atoms with Gasteiger partial charge in [-0.1, -0.05) is 34.8 Å². The number of halogens is 3. The zero-order valence-electron chi connectivity index (χ0n) is 6.94. The van der Waals surface area contributed by atoms with Crippen LogP contribution in [0, 0.1) is 0 Å². The number of hydrogen-bond acceptors (Lipinski definition) is 3. The second-order valence-electron chi connectivity index (χ2n) is 2.71. The van der Waals surface area contributed by atoms with Gasteiger partial charge in [-0.3, -0.25) is 4.79 Å². The SMILES string of the molecule is O=c1[nH]c2cc(Cl)c(Cl)c(Cl)c2oc1=O. The highest BCUT2D eigenvalue weighted by Crippen LogP contribution is 2.34. The maximum Gasteiger partial charge on any atom is 0.402 e. The van der Waals surface area contributed by atoms with Gasteiger partial charge in [0.2, 0.25) is 0 Å². The summed E-state index contributed by atoms with van der Waals surface area (Å²) in [5, 5.41) is 0.229. The predicted molar refractivity (Wildman–Crippen MR) is 58.1 cm³/mol. The highest BCUT2D eigenvalue weighted by atomic mass is 35.5. The van der Waals surface area contributed by atoms with Gasteiger partial charge in [0.1, 0.15) is 5.02 Å². The van der Waals surface area contributed by atoms with Crippen LogP contribution < -0.4 is 11.2 Å². The minimum atomic E-state index is -1.04. The highest BCUT2D eigenvalue weighted by molar-refractivity contribution is 6.50. The summed E-state index contributed by atoms with van der Waals surface area (Å²) in [5.41, 5.74) is -1.69. The number of H-pyrrole nitrogens is 1. The maximum atomic E-state index is 11.0. The molecule has 0 amide bonds. The first-order valence-electron chi connectivity index (χ1n) is 3.71. The van der Waals surface area contributed by atoms with E-state index in [1.54, 1.807) is 0 Å². The Labute approximate surface area is 97.4 Å². The zero-order valence-corrected chi connectivity index (χ0v) is 9.20. The number of fused-ring (bicyclic) bond motifs is 1. The summed E-state index contributed by atoms with van der Waals surface area (Å²) in [6.45, 7) is 0. The molecule has 2 rings (SSSR count). The fourth-order valence-electron chi connectivity index (χ4n) is 1.08. The first-order chi connectivity index (χ1) is 7.00. The van der Waals surface area contributed by atoms with Crippen molar-refractivity contribution in [2.24, 2.45) is 0 Å². The van der Waals surface area contributed by atoms with E-state index in [0.717, 1.165) is 0 Å². The van der Waals surface area contributed by atoms with Gasteiger partial charge >= 0.3 is 11.2 Å². The number of aromatic nitrogens is 1. The molecule has 0 unspecified atom stereocenters. The largest absolute Gasteiger partial charge is 0.415 e. The molecule has 1 N–H and O–H groups in total. The van der Waals surface area contributed by atoms with E-state index < -0.39 is 11.2 Å². The van der Waals surface area contributed by atoms with E-state index in [-0.39, 0.29) is 26.2 Å². The molecule has 78 valence electrons. The number of benzene rings is 1. The average molecular weight is 266 g/mol. The molecule has 4 nitrogen and oxygen atoms in total. The van der Waals surface area contributed by atoms with Crippen molar-refractivity contribution in [2.75, 3.05) is 0 Å². The molecule has 0 fully saturated rings. The van der Waals surface area contributed by atoms with E-state index in [0.29, 0.717) is 0 Å². The molecule has 1 heterocycles. The maximum absolute atomic E-state index is 11.0. The molecule has 0 radical (unpaired) electrons. The van der Waals surface area contributed by atoms with E-state index in [1.807, 2.05) is 0 Å². The summed E-state index contributed by atoms with van der Waals surface area (Å²) in [7, 11) is 0. The Morgan fingerprint density at radius 1 is 1.13 bits per heavy atom. The second kappa shape index (κ2) is 3.56. The Morgan fingerprint density at radius 3 is 2.47 bits per heavy atom. The molecule has 0 spiro atoms. The lowest BCUT2D eigenvalue weighted by Crippen LogP contribution is -2.25. The van der Waals surface area contributed by atoms with E-state index in [9.17, 15) is 9.59 Å². The third kappa shape index (κ3) is 1.65. The molecule has 0 aliphatic rings.